The van der Waals surface area contributed by atoms with Crippen molar-refractivity contribution in [2.45, 2.75) is 33.6 Å². The number of anilines is 2. The zero-order valence-corrected chi connectivity index (χ0v) is 12.1. The molecule has 0 aliphatic rings. The molecule has 0 saturated heterocycles. The number of hydrogen-bond acceptors (Lipinski definition) is 3. The maximum Gasteiger partial charge on any atom is 0.220 e. The van der Waals surface area contributed by atoms with Crippen molar-refractivity contribution < 1.29 is 4.79 Å². The molecule has 1 atom stereocenters. The fraction of sp³-hybridized carbons (Fsp3) is 0.533. The number of aryl methyl sites for hydroxylation is 1. The largest absolute Gasteiger partial charge is 0.399 e. The standard InChI is InChI=1S/C15H25N3O/c1-4-8-18(9-7-11(2)15(17)19)13-5-6-14(16)12(3)10-13/h5-6,10-11H,4,7-9,16H2,1-3H3,(H2,17,19). The lowest BCUT2D eigenvalue weighted by Gasteiger charge is -2.26. The Bertz CT molecular complexity index is 431. The predicted octanol–water partition coefficient (Wildman–Crippen LogP) is 2.31. The first-order valence-electron chi connectivity index (χ1n) is 6.86. The van der Waals surface area contributed by atoms with Gasteiger partial charge in [-0.1, -0.05) is 13.8 Å². The van der Waals surface area contributed by atoms with Crippen molar-refractivity contribution in [1.29, 1.82) is 0 Å². The van der Waals surface area contributed by atoms with Gasteiger partial charge in [-0.3, -0.25) is 4.79 Å². The Hall–Kier alpha value is -1.71. The zero-order chi connectivity index (χ0) is 14.4. The second-order valence-electron chi connectivity index (χ2n) is 5.12. The highest BCUT2D eigenvalue weighted by molar-refractivity contribution is 5.76. The highest BCUT2D eigenvalue weighted by atomic mass is 16.1. The average molecular weight is 263 g/mol. The van der Waals surface area contributed by atoms with Crippen molar-refractivity contribution in [2.75, 3.05) is 23.7 Å². The number of amides is 1. The number of carbonyl (C=O) groups is 1. The number of rotatable bonds is 7. The first kappa shape index (κ1) is 15.3. The quantitative estimate of drug-likeness (QED) is 0.741. The summed E-state index contributed by atoms with van der Waals surface area (Å²) in [5.74, 6) is -0.320. The van der Waals surface area contributed by atoms with Gasteiger partial charge in [0.05, 0.1) is 0 Å². The van der Waals surface area contributed by atoms with Gasteiger partial charge in [0.25, 0.3) is 0 Å². The summed E-state index contributed by atoms with van der Waals surface area (Å²) in [7, 11) is 0. The lowest BCUT2D eigenvalue weighted by Crippen LogP contribution is -2.30. The van der Waals surface area contributed by atoms with E-state index in [1.165, 1.54) is 0 Å². The van der Waals surface area contributed by atoms with Crippen LogP contribution >= 0.6 is 0 Å². The van der Waals surface area contributed by atoms with E-state index < -0.39 is 0 Å². The summed E-state index contributed by atoms with van der Waals surface area (Å²) in [4.78, 5) is 13.4. The van der Waals surface area contributed by atoms with Gasteiger partial charge in [0.1, 0.15) is 0 Å². The number of nitrogen functional groups attached to an aromatic ring is 1. The van der Waals surface area contributed by atoms with Crippen LogP contribution in [0.15, 0.2) is 18.2 Å². The molecule has 0 aromatic heterocycles. The maximum absolute atomic E-state index is 11.1. The predicted molar refractivity (Wildman–Crippen MR) is 81.1 cm³/mol. The van der Waals surface area contributed by atoms with Crippen LogP contribution in [0.5, 0.6) is 0 Å². The lowest BCUT2D eigenvalue weighted by atomic mass is 10.1. The minimum atomic E-state index is -0.232. The Balaban J connectivity index is 2.76. The molecule has 1 rings (SSSR count). The molecule has 4 N–H and O–H groups in total. The van der Waals surface area contributed by atoms with Crippen molar-refractivity contribution >= 4 is 17.3 Å². The van der Waals surface area contributed by atoms with Gasteiger partial charge in [0, 0.05) is 30.4 Å². The Morgan fingerprint density at radius 2 is 2.05 bits per heavy atom. The Labute approximate surface area is 115 Å². The molecule has 0 aliphatic carbocycles. The van der Waals surface area contributed by atoms with Gasteiger partial charge < -0.3 is 16.4 Å². The van der Waals surface area contributed by atoms with Crippen LogP contribution in [-0.2, 0) is 4.79 Å². The monoisotopic (exact) mass is 263 g/mol. The van der Waals surface area contributed by atoms with Crippen LogP contribution < -0.4 is 16.4 Å². The lowest BCUT2D eigenvalue weighted by molar-refractivity contribution is -0.121. The molecule has 0 spiro atoms. The van der Waals surface area contributed by atoms with Gasteiger partial charge in [0.2, 0.25) is 5.91 Å². The van der Waals surface area contributed by atoms with Crippen LogP contribution in [0.3, 0.4) is 0 Å². The molecule has 4 heteroatoms. The number of hydrogen-bond donors (Lipinski definition) is 2. The SMILES string of the molecule is CCCN(CCC(C)C(N)=O)c1ccc(N)c(C)c1. The van der Waals surface area contributed by atoms with Crippen LogP contribution in [0, 0.1) is 12.8 Å². The van der Waals surface area contributed by atoms with E-state index in [4.69, 9.17) is 11.5 Å². The van der Waals surface area contributed by atoms with Crippen molar-refractivity contribution in [3.8, 4) is 0 Å². The Morgan fingerprint density at radius 1 is 1.37 bits per heavy atom. The second kappa shape index (κ2) is 7.02. The summed E-state index contributed by atoms with van der Waals surface area (Å²) in [6.07, 6.45) is 1.84. The number of nitrogens with zero attached hydrogens (tertiary/aromatic N) is 1. The van der Waals surface area contributed by atoms with Crippen molar-refractivity contribution in [1.82, 2.24) is 0 Å². The molecule has 0 fully saturated rings. The van der Waals surface area contributed by atoms with E-state index in [0.29, 0.717) is 0 Å². The third-order valence-electron chi connectivity index (χ3n) is 3.43. The fourth-order valence-electron chi connectivity index (χ4n) is 1.99. The van der Waals surface area contributed by atoms with Crippen LogP contribution in [0.25, 0.3) is 0 Å². The second-order valence-corrected chi connectivity index (χ2v) is 5.12. The highest BCUT2D eigenvalue weighted by Crippen LogP contribution is 2.21. The smallest absolute Gasteiger partial charge is 0.220 e. The summed E-state index contributed by atoms with van der Waals surface area (Å²) in [6, 6.07) is 6.07. The molecule has 1 amide bonds. The van der Waals surface area contributed by atoms with Gasteiger partial charge in [-0.15, -0.1) is 0 Å². The van der Waals surface area contributed by atoms with Gasteiger partial charge >= 0.3 is 0 Å². The summed E-state index contributed by atoms with van der Waals surface area (Å²) in [6.45, 7) is 7.83. The highest BCUT2D eigenvalue weighted by Gasteiger charge is 2.12. The van der Waals surface area contributed by atoms with Crippen molar-refractivity contribution in [3.63, 3.8) is 0 Å². The van der Waals surface area contributed by atoms with E-state index in [2.05, 4.69) is 17.9 Å². The third kappa shape index (κ3) is 4.47. The Morgan fingerprint density at radius 3 is 2.58 bits per heavy atom. The first-order valence-corrected chi connectivity index (χ1v) is 6.86. The van der Waals surface area contributed by atoms with Crippen LogP contribution in [0.2, 0.25) is 0 Å². The molecule has 19 heavy (non-hydrogen) atoms. The van der Waals surface area contributed by atoms with Crippen molar-refractivity contribution in [3.05, 3.63) is 23.8 Å². The average Bonchev–Trinajstić information content (AvgIpc) is 2.37. The number of carbonyl (C=O) groups excluding carboxylic acids is 1. The van der Waals surface area contributed by atoms with Crippen LogP contribution in [0.4, 0.5) is 11.4 Å². The zero-order valence-electron chi connectivity index (χ0n) is 12.1. The van der Waals surface area contributed by atoms with Gasteiger partial charge in [-0.25, -0.2) is 0 Å². The molecular weight excluding hydrogens is 238 g/mol. The molecule has 1 unspecified atom stereocenters. The normalized spacial score (nSPS) is 12.2. The molecule has 106 valence electrons. The molecule has 0 saturated carbocycles. The number of nitrogens with two attached hydrogens (primary N) is 2. The van der Waals surface area contributed by atoms with E-state index in [9.17, 15) is 4.79 Å². The summed E-state index contributed by atoms with van der Waals surface area (Å²) >= 11 is 0. The van der Waals surface area contributed by atoms with E-state index >= 15 is 0 Å². The third-order valence-corrected chi connectivity index (χ3v) is 3.43. The minimum absolute atomic E-state index is 0.0887. The maximum atomic E-state index is 11.1. The summed E-state index contributed by atoms with van der Waals surface area (Å²) < 4.78 is 0. The molecule has 0 aliphatic heterocycles. The van der Waals surface area contributed by atoms with E-state index in [1.807, 2.05) is 26.0 Å². The molecule has 1 aromatic rings. The van der Waals surface area contributed by atoms with Gasteiger partial charge in [-0.05, 0) is 43.5 Å². The van der Waals surface area contributed by atoms with Crippen LogP contribution in [0.1, 0.15) is 32.3 Å². The summed E-state index contributed by atoms with van der Waals surface area (Å²) in [5.41, 5.74) is 14.2. The fourth-order valence-corrected chi connectivity index (χ4v) is 1.99. The molecule has 0 bridgehead atoms. The van der Waals surface area contributed by atoms with Gasteiger partial charge in [-0.2, -0.15) is 0 Å². The molecule has 4 nitrogen and oxygen atoms in total. The van der Waals surface area contributed by atoms with E-state index in [-0.39, 0.29) is 11.8 Å². The molecule has 0 heterocycles. The van der Waals surface area contributed by atoms with E-state index in [1.54, 1.807) is 0 Å². The van der Waals surface area contributed by atoms with Gasteiger partial charge in [0.15, 0.2) is 0 Å². The summed E-state index contributed by atoms with van der Waals surface area (Å²) in [5, 5.41) is 0. The van der Waals surface area contributed by atoms with Crippen molar-refractivity contribution in [2.24, 2.45) is 11.7 Å². The number of benzene rings is 1. The van der Waals surface area contributed by atoms with E-state index in [0.717, 1.165) is 42.9 Å². The molecule has 1 aromatic carbocycles. The first-order chi connectivity index (χ1) is 8.95. The Kier molecular flexibility index (Phi) is 5.67. The number of primary amides is 1. The van der Waals surface area contributed by atoms with Crippen LogP contribution in [-0.4, -0.2) is 19.0 Å². The molecular formula is C15H25N3O. The minimum Gasteiger partial charge on any atom is -0.399 e. The topological polar surface area (TPSA) is 72.3 Å². The molecule has 0 radical (unpaired) electrons.